The molecule has 106 valence electrons. The van der Waals surface area contributed by atoms with Crippen LogP contribution >= 0.6 is 11.6 Å². The normalized spacial score (nSPS) is 10.0. The van der Waals surface area contributed by atoms with Gasteiger partial charge >= 0.3 is 6.03 Å². The summed E-state index contributed by atoms with van der Waals surface area (Å²) in [6, 6.07) is 6.85. The average Bonchev–Trinajstić information content (AvgIpc) is 2.42. The SMILES string of the molecule is CCOCCNC(=O)NCCOc1ccc(Cl)cc1. The van der Waals surface area contributed by atoms with Gasteiger partial charge in [0.1, 0.15) is 12.4 Å². The number of hydrogen-bond donors (Lipinski definition) is 2. The Kier molecular flexibility index (Phi) is 7.77. The van der Waals surface area contributed by atoms with E-state index in [1.807, 2.05) is 6.92 Å². The van der Waals surface area contributed by atoms with Gasteiger partial charge in [0.15, 0.2) is 0 Å². The Morgan fingerprint density at radius 1 is 1.16 bits per heavy atom. The lowest BCUT2D eigenvalue weighted by Gasteiger charge is -2.09. The van der Waals surface area contributed by atoms with E-state index in [-0.39, 0.29) is 6.03 Å². The fraction of sp³-hybridized carbons (Fsp3) is 0.462. The van der Waals surface area contributed by atoms with Gasteiger partial charge in [-0.1, -0.05) is 11.6 Å². The van der Waals surface area contributed by atoms with E-state index in [9.17, 15) is 4.79 Å². The fourth-order valence-electron chi connectivity index (χ4n) is 1.31. The fourth-order valence-corrected chi connectivity index (χ4v) is 1.43. The molecule has 6 heteroatoms. The van der Waals surface area contributed by atoms with Gasteiger partial charge < -0.3 is 20.1 Å². The second-order valence-corrected chi connectivity index (χ2v) is 4.12. The van der Waals surface area contributed by atoms with Crippen molar-refractivity contribution in [2.45, 2.75) is 6.92 Å². The quantitative estimate of drug-likeness (QED) is 0.719. The van der Waals surface area contributed by atoms with Crippen LogP contribution in [0.5, 0.6) is 5.75 Å². The summed E-state index contributed by atoms with van der Waals surface area (Å²) in [5.41, 5.74) is 0. The number of ether oxygens (including phenoxy) is 2. The number of nitrogens with one attached hydrogen (secondary N) is 2. The van der Waals surface area contributed by atoms with Gasteiger partial charge in [0.05, 0.1) is 13.2 Å². The topological polar surface area (TPSA) is 59.6 Å². The molecular weight excluding hydrogens is 268 g/mol. The highest BCUT2D eigenvalue weighted by Crippen LogP contribution is 2.14. The molecule has 2 amide bonds. The Balaban J connectivity index is 2.03. The molecule has 0 aromatic heterocycles. The lowest BCUT2D eigenvalue weighted by molar-refractivity contribution is 0.149. The maximum absolute atomic E-state index is 11.3. The molecule has 0 aliphatic heterocycles. The number of amides is 2. The van der Waals surface area contributed by atoms with Gasteiger partial charge in [-0.2, -0.15) is 0 Å². The van der Waals surface area contributed by atoms with Crippen LogP contribution in [0.15, 0.2) is 24.3 Å². The standard InChI is InChI=1S/C13H19ClN2O3/c1-2-18-9-7-15-13(17)16-8-10-19-12-5-3-11(14)4-6-12/h3-6H,2,7-10H2,1H3,(H2,15,16,17). The molecule has 19 heavy (non-hydrogen) atoms. The zero-order chi connectivity index (χ0) is 13.9. The largest absolute Gasteiger partial charge is 0.492 e. The van der Waals surface area contributed by atoms with E-state index in [0.29, 0.717) is 37.9 Å². The molecule has 1 aromatic carbocycles. The van der Waals surface area contributed by atoms with Crippen LogP contribution in [0.1, 0.15) is 6.92 Å². The molecule has 0 atom stereocenters. The summed E-state index contributed by atoms with van der Waals surface area (Å²) in [5.74, 6) is 0.725. The molecular formula is C13H19ClN2O3. The van der Waals surface area contributed by atoms with Gasteiger partial charge in [-0.3, -0.25) is 0 Å². The van der Waals surface area contributed by atoms with Crippen LogP contribution in [0.25, 0.3) is 0 Å². The van der Waals surface area contributed by atoms with Gasteiger partial charge in [-0.15, -0.1) is 0 Å². The molecule has 0 saturated carbocycles. The minimum Gasteiger partial charge on any atom is -0.492 e. The van der Waals surface area contributed by atoms with Crippen LogP contribution in [-0.4, -0.2) is 38.9 Å². The third kappa shape index (κ3) is 7.54. The van der Waals surface area contributed by atoms with Crippen molar-refractivity contribution in [3.63, 3.8) is 0 Å². The van der Waals surface area contributed by atoms with Gasteiger partial charge in [-0.05, 0) is 31.2 Å². The maximum Gasteiger partial charge on any atom is 0.314 e. The van der Waals surface area contributed by atoms with Gasteiger partial charge in [0.2, 0.25) is 0 Å². The Bertz CT molecular complexity index is 371. The third-order valence-corrected chi connectivity index (χ3v) is 2.46. The summed E-state index contributed by atoms with van der Waals surface area (Å²) in [6.45, 7) is 4.42. The molecule has 0 saturated heterocycles. The van der Waals surface area contributed by atoms with Gasteiger partial charge in [0, 0.05) is 18.2 Å². The summed E-state index contributed by atoms with van der Waals surface area (Å²) in [6.07, 6.45) is 0. The molecule has 5 nitrogen and oxygen atoms in total. The van der Waals surface area contributed by atoms with Crippen molar-refractivity contribution in [2.24, 2.45) is 0 Å². The molecule has 0 fully saturated rings. The lowest BCUT2D eigenvalue weighted by Crippen LogP contribution is -2.39. The number of hydrogen-bond acceptors (Lipinski definition) is 3. The summed E-state index contributed by atoms with van der Waals surface area (Å²) < 4.78 is 10.5. The Morgan fingerprint density at radius 2 is 1.79 bits per heavy atom. The second kappa shape index (κ2) is 9.47. The second-order valence-electron chi connectivity index (χ2n) is 3.68. The number of urea groups is 1. The number of carbonyl (C=O) groups is 1. The van der Waals surface area contributed by atoms with Crippen molar-refractivity contribution in [3.8, 4) is 5.75 Å². The predicted octanol–water partition coefficient (Wildman–Crippen LogP) is 2.05. The van der Waals surface area contributed by atoms with Crippen LogP contribution in [-0.2, 0) is 4.74 Å². The molecule has 2 N–H and O–H groups in total. The average molecular weight is 287 g/mol. The zero-order valence-electron chi connectivity index (χ0n) is 10.9. The molecule has 1 rings (SSSR count). The molecule has 0 bridgehead atoms. The van der Waals surface area contributed by atoms with Crippen LogP contribution in [0.4, 0.5) is 4.79 Å². The molecule has 0 aliphatic rings. The van der Waals surface area contributed by atoms with E-state index in [0.717, 1.165) is 5.75 Å². The molecule has 0 aliphatic carbocycles. The smallest absolute Gasteiger partial charge is 0.314 e. The highest BCUT2D eigenvalue weighted by Gasteiger charge is 1.99. The number of carbonyl (C=O) groups excluding carboxylic acids is 1. The van der Waals surface area contributed by atoms with E-state index < -0.39 is 0 Å². The summed E-state index contributed by atoms with van der Waals surface area (Å²) in [4.78, 5) is 11.3. The van der Waals surface area contributed by atoms with Crippen molar-refractivity contribution < 1.29 is 14.3 Å². The minimum atomic E-state index is -0.223. The van der Waals surface area contributed by atoms with Crippen LogP contribution in [0.3, 0.4) is 0 Å². The van der Waals surface area contributed by atoms with Crippen molar-refractivity contribution >= 4 is 17.6 Å². The van der Waals surface area contributed by atoms with Crippen molar-refractivity contribution in [3.05, 3.63) is 29.3 Å². The summed E-state index contributed by atoms with van der Waals surface area (Å²) in [5, 5.41) is 6.03. The Morgan fingerprint density at radius 3 is 2.42 bits per heavy atom. The Hall–Kier alpha value is -1.46. The Labute approximate surface area is 118 Å². The molecule has 0 unspecified atom stereocenters. The lowest BCUT2D eigenvalue weighted by atomic mass is 10.3. The minimum absolute atomic E-state index is 0.223. The van der Waals surface area contributed by atoms with Crippen molar-refractivity contribution in [1.82, 2.24) is 10.6 Å². The molecule has 1 aromatic rings. The van der Waals surface area contributed by atoms with Crippen LogP contribution < -0.4 is 15.4 Å². The first-order chi connectivity index (χ1) is 9.22. The van der Waals surface area contributed by atoms with Crippen LogP contribution in [0.2, 0.25) is 5.02 Å². The highest BCUT2D eigenvalue weighted by molar-refractivity contribution is 6.30. The van der Waals surface area contributed by atoms with Crippen molar-refractivity contribution in [2.75, 3.05) is 32.9 Å². The monoisotopic (exact) mass is 286 g/mol. The van der Waals surface area contributed by atoms with E-state index >= 15 is 0 Å². The molecule has 0 heterocycles. The highest BCUT2D eigenvalue weighted by atomic mass is 35.5. The first kappa shape index (κ1) is 15.6. The first-order valence-corrected chi connectivity index (χ1v) is 6.58. The van der Waals surface area contributed by atoms with E-state index in [2.05, 4.69) is 10.6 Å². The van der Waals surface area contributed by atoms with E-state index in [4.69, 9.17) is 21.1 Å². The van der Waals surface area contributed by atoms with Crippen molar-refractivity contribution in [1.29, 1.82) is 0 Å². The van der Waals surface area contributed by atoms with E-state index in [1.54, 1.807) is 24.3 Å². The summed E-state index contributed by atoms with van der Waals surface area (Å²) in [7, 11) is 0. The number of rotatable bonds is 8. The van der Waals surface area contributed by atoms with Crippen LogP contribution in [0, 0.1) is 0 Å². The van der Waals surface area contributed by atoms with E-state index in [1.165, 1.54) is 0 Å². The predicted molar refractivity (Wildman–Crippen MR) is 74.8 cm³/mol. The zero-order valence-corrected chi connectivity index (χ0v) is 11.7. The first-order valence-electron chi connectivity index (χ1n) is 6.20. The van der Waals surface area contributed by atoms with Gasteiger partial charge in [-0.25, -0.2) is 4.79 Å². The maximum atomic E-state index is 11.3. The number of benzene rings is 1. The molecule has 0 spiro atoms. The third-order valence-electron chi connectivity index (χ3n) is 2.21. The van der Waals surface area contributed by atoms with Gasteiger partial charge in [0.25, 0.3) is 0 Å². The summed E-state index contributed by atoms with van der Waals surface area (Å²) >= 11 is 5.75. The number of halogens is 1. The molecule has 0 radical (unpaired) electrons.